The van der Waals surface area contributed by atoms with E-state index in [1.807, 2.05) is 61.4 Å². The van der Waals surface area contributed by atoms with Gasteiger partial charge >= 0.3 is 0 Å². The molecule has 0 aliphatic rings. The topological polar surface area (TPSA) is 51.6 Å². The molecule has 0 unspecified atom stereocenters. The summed E-state index contributed by atoms with van der Waals surface area (Å²) in [5.74, 6) is 2.40. The van der Waals surface area contributed by atoms with Crippen molar-refractivity contribution < 1.29 is 0 Å². The Morgan fingerprint density at radius 3 is 0.895 bits per heavy atom. The highest BCUT2D eigenvalue weighted by Crippen LogP contribution is 2.30. The summed E-state index contributed by atoms with van der Waals surface area (Å²) in [6, 6.07) is 4.06. The molecule has 4 nitrogen and oxygen atoms in total. The van der Waals surface area contributed by atoms with E-state index in [9.17, 15) is 0 Å². The molecule has 0 saturated heterocycles. The molecule has 0 spiro atoms. The number of nitrogens with zero attached hydrogens (tertiary/aromatic N) is 4. The first-order chi connectivity index (χ1) is 18.5. The number of hydrogen-bond acceptors (Lipinski definition) is 8. The average Bonchev–Trinajstić information content (AvgIpc) is 2.86. The van der Waals surface area contributed by atoms with Crippen molar-refractivity contribution in [2.45, 2.75) is 141 Å². The van der Waals surface area contributed by atoms with E-state index in [2.05, 4.69) is 19.9 Å². The van der Waals surface area contributed by atoms with Crippen molar-refractivity contribution in [3.8, 4) is 0 Å². The third-order valence-corrected chi connectivity index (χ3v) is 10.8. The monoisotopic (exact) mass is 594 g/mol. The minimum absolute atomic E-state index is 0.911. The highest BCUT2D eigenvalue weighted by molar-refractivity contribution is 8.77. The van der Waals surface area contributed by atoms with Crippen LogP contribution in [0.4, 0.5) is 0 Å². The summed E-state index contributed by atoms with van der Waals surface area (Å²) >= 11 is 0. The lowest BCUT2D eigenvalue weighted by Crippen LogP contribution is -1.91. The number of hydrogen-bond donors (Lipinski definition) is 0. The van der Waals surface area contributed by atoms with Gasteiger partial charge in [-0.1, -0.05) is 111 Å². The van der Waals surface area contributed by atoms with E-state index in [1.165, 1.54) is 114 Å². The summed E-state index contributed by atoms with van der Waals surface area (Å²) in [4.78, 5) is 18.0. The normalized spacial score (nSPS) is 11.4. The fourth-order valence-corrected chi connectivity index (χ4v) is 8.48. The number of aryl methyl sites for hydroxylation is 4. The van der Waals surface area contributed by atoms with Crippen LogP contribution in [0.25, 0.3) is 0 Å². The van der Waals surface area contributed by atoms with Gasteiger partial charge < -0.3 is 0 Å². The molecule has 0 amide bonds. The molecule has 2 heterocycles. The van der Waals surface area contributed by atoms with Gasteiger partial charge in [0.15, 0.2) is 10.3 Å². The van der Waals surface area contributed by atoms with Crippen LogP contribution in [0.2, 0.25) is 0 Å². The Bertz CT molecular complexity index is 769. The SMILES string of the molecule is Cc1cc(C)nc(SSCCCCCCCCCCCCCCCCCCSSc2nc(C)cc(C)n2)n1. The van der Waals surface area contributed by atoms with Crippen LogP contribution >= 0.6 is 43.2 Å². The molecule has 0 fully saturated rings. The molecule has 0 atom stereocenters. The highest BCUT2D eigenvalue weighted by Gasteiger charge is 2.02. The second kappa shape index (κ2) is 22.3. The predicted molar refractivity (Wildman–Crippen MR) is 174 cm³/mol. The molecule has 0 aromatic carbocycles. The highest BCUT2D eigenvalue weighted by atomic mass is 33.1. The Morgan fingerprint density at radius 2 is 0.632 bits per heavy atom. The molecule has 38 heavy (non-hydrogen) atoms. The van der Waals surface area contributed by atoms with Gasteiger partial charge in [-0.05, 0) is 74.3 Å². The van der Waals surface area contributed by atoms with Gasteiger partial charge in [0.1, 0.15) is 0 Å². The molecule has 0 bridgehead atoms. The molecule has 0 aliphatic carbocycles. The van der Waals surface area contributed by atoms with E-state index in [1.54, 1.807) is 21.6 Å². The summed E-state index contributed by atoms with van der Waals surface area (Å²) in [5.41, 5.74) is 4.25. The first-order valence-corrected chi connectivity index (χ1v) is 19.4. The smallest absolute Gasteiger partial charge is 0.198 e. The zero-order valence-electron chi connectivity index (χ0n) is 24.3. The third-order valence-electron chi connectivity index (χ3n) is 6.40. The fraction of sp³-hybridized carbons (Fsp3) is 0.733. The van der Waals surface area contributed by atoms with Crippen LogP contribution in [-0.2, 0) is 0 Å². The second-order valence-corrected chi connectivity index (χ2v) is 15.1. The lowest BCUT2D eigenvalue weighted by molar-refractivity contribution is 0.532. The summed E-state index contributed by atoms with van der Waals surface area (Å²) in [5, 5.41) is 1.82. The Kier molecular flexibility index (Phi) is 19.8. The Labute approximate surface area is 249 Å². The Hall–Kier alpha value is -0.440. The van der Waals surface area contributed by atoms with Crippen LogP contribution in [0.1, 0.15) is 126 Å². The van der Waals surface area contributed by atoms with Crippen LogP contribution in [0.5, 0.6) is 0 Å². The summed E-state index contributed by atoms with van der Waals surface area (Å²) in [7, 11) is 7.25. The first-order valence-electron chi connectivity index (χ1n) is 14.8. The van der Waals surface area contributed by atoms with Crippen LogP contribution in [0, 0.1) is 27.7 Å². The van der Waals surface area contributed by atoms with Gasteiger partial charge in [-0.15, -0.1) is 0 Å². The van der Waals surface area contributed by atoms with E-state index in [0.29, 0.717) is 0 Å². The van der Waals surface area contributed by atoms with Crippen molar-refractivity contribution in [3.63, 3.8) is 0 Å². The molecule has 0 saturated carbocycles. The van der Waals surface area contributed by atoms with Crippen LogP contribution in [-0.4, -0.2) is 31.4 Å². The zero-order valence-corrected chi connectivity index (χ0v) is 27.6. The van der Waals surface area contributed by atoms with Crippen molar-refractivity contribution in [1.29, 1.82) is 0 Å². The number of unbranched alkanes of at least 4 members (excludes halogenated alkanes) is 15. The van der Waals surface area contributed by atoms with Gasteiger partial charge in [-0.25, -0.2) is 19.9 Å². The van der Waals surface area contributed by atoms with Gasteiger partial charge in [-0.3, -0.25) is 0 Å². The van der Waals surface area contributed by atoms with E-state index >= 15 is 0 Å². The van der Waals surface area contributed by atoms with E-state index in [0.717, 1.165) is 33.1 Å². The summed E-state index contributed by atoms with van der Waals surface area (Å²) in [6.45, 7) is 8.16. The van der Waals surface area contributed by atoms with Gasteiger partial charge in [0, 0.05) is 34.3 Å². The predicted octanol–water partition coefficient (Wildman–Crippen LogP) is 10.9. The molecule has 0 N–H and O–H groups in total. The summed E-state index contributed by atoms with van der Waals surface area (Å²) in [6.07, 6.45) is 22.4. The molecule has 0 radical (unpaired) electrons. The largest absolute Gasteiger partial charge is 0.227 e. The van der Waals surface area contributed by atoms with Crippen molar-refractivity contribution in [2.75, 3.05) is 11.5 Å². The van der Waals surface area contributed by atoms with E-state index in [4.69, 9.17) is 0 Å². The quantitative estimate of drug-likeness (QED) is 0.0715. The number of aromatic nitrogens is 4. The van der Waals surface area contributed by atoms with Gasteiger partial charge in [0.25, 0.3) is 0 Å². The van der Waals surface area contributed by atoms with Crippen molar-refractivity contribution in [3.05, 3.63) is 34.9 Å². The van der Waals surface area contributed by atoms with Gasteiger partial charge in [0.2, 0.25) is 0 Å². The first kappa shape index (κ1) is 33.8. The minimum atomic E-state index is 0.911. The maximum absolute atomic E-state index is 4.49. The molecule has 2 aromatic heterocycles. The van der Waals surface area contributed by atoms with Crippen LogP contribution in [0.3, 0.4) is 0 Å². The molecular formula is C30H50N4S4. The second-order valence-electron chi connectivity index (χ2n) is 10.3. The molecule has 214 valence electrons. The van der Waals surface area contributed by atoms with Crippen LogP contribution < -0.4 is 0 Å². The molecule has 8 heteroatoms. The molecule has 0 aliphatic heterocycles. The van der Waals surface area contributed by atoms with Crippen molar-refractivity contribution in [1.82, 2.24) is 19.9 Å². The van der Waals surface area contributed by atoms with E-state index < -0.39 is 0 Å². The molecular weight excluding hydrogens is 545 g/mol. The maximum Gasteiger partial charge on any atom is 0.198 e. The van der Waals surface area contributed by atoms with E-state index in [-0.39, 0.29) is 0 Å². The Morgan fingerprint density at radius 1 is 0.395 bits per heavy atom. The molecule has 2 rings (SSSR count). The number of rotatable bonds is 23. The standard InChI is InChI=1S/C30H50N4S4/c1-25-23-26(2)32-29(31-25)37-35-21-19-17-15-13-11-9-7-5-6-8-10-12-14-16-18-20-22-36-38-30-33-27(3)24-28(4)34-30/h23-24H,5-22H2,1-4H3. The Balaban J connectivity index is 1.24. The molecule has 2 aromatic rings. The average molecular weight is 595 g/mol. The van der Waals surface area contributed by atoms with Gasteiger partial charge in [-0.2, -0.15) is 0 Å². The third kappa shape index (κ3) is 18.0. The van der Waals surface area contributed by atoms with Crippen molar-refractivity contribution >= 4 is 43.2 Å². The lowest BCUT2D eigenvalue weighted by atomic mass is 10.0. The van der Waals surface area contributed by atoms with Crippen molar-refractivity contribution in [2.24, 2.45) is 0 Å². The zero-order chi connectivity index (χ0) is 27.3. The maximum atomic E-state index is 4.49. The van der Waals surface area contributed by atoms with Gasteiger partial charge in [0.05, 0.1) is 0 Å². The van der Waals surface area contributed by atoms with Crippen LogP contribution in [0.15, 0.2) is 22.4 Å². The fourth-order valence-electron chi connectivity index (χ4n) is 4.45. The lowest BCUT2D eigenvalue weighted by Gasteiger charge is -2.04. The summed E-state index contributed by atoms with van der Waals surface area (Å²) < 4.78 is 0. The minimum Gasteiger partial charge on any atom is -0.227 e.